The molecular formula is C13H25N3O. The number of hydrogen-bond donors (Lipinski definition) is 1. The minimum atomic E-state index is 0.664. The Labute approximate surface area is 104 Å². The van der Waals surface area contributed by atoms with Gasteiger partial charge < -0.3 is 9.84 Å². The third-order valence-corrected chi connectivity index (χ3v) is 2.74. The van der Waals surface area contributed by atoms with Gasteiger partial charge in [0.2, 0.25) is 0 Å². The van der Waals surface area contributed by atoms with Crippen LogP contribution in [0.4, 0.5) is 0 Å². The fourth-order valence-electron chi connectivity index (χ4n) is 1.67. The molecule has 0 saturated carbocycles. The van der Waals surface area contributed by atoms with E-state index in [0.717, 1.165) is 44.2 Å². The summed E-state index contributed by atoms with van der Waals surface area (Å²) >= 11 is 0. The summed E-state index contributed by atoms with van der Waals surface area (Å²) in [5.74, 6) is 1.62. The normalized spacial score (nSPS) is 11.6. The first kappa shape index (κ1) is 14.2. The maximum Gasteiger partial charge on any atom is 0.151 e. The molecule has 98 valence electrons. The van der Waals surface area contributed by atoms with Gasteiger partial charge in [-0.2, -0.15) is 0 Å². The van der Waals surface area contributed by atoms with E-state index in [0.29, 0.717) is 5.92 Å². The Bertz CT molecular complexity index is 305. The molecule has 0 fully saturated rings. The average molecular weight is 239 g/mol. The van der Waals surface area contributed by atoms with Crippen LogP contribution in [0.3, 0.4) is 0 Å². The van der Waals surface area contributed by atoms with Crippen molar-refractivity contribution in [2.24, 2.45) is 5.92 Å². The summed E-state index contributed by atoms with van der Waals surface area (Å²) in [4.78, 5) is 2.31. The molecular weight excluding hydrogens is 214 g/mol. The lowest BCUT2D eigenvalue weighted by atomic mass is 10.2. The van der Waals surface area contributed by atoms with Crippen LogP contribution in [0.2, 0.25) is 0 Å². The van der Waals surface area contributed by atoms with Crippen LogP contribution in [0, 0.1) is 5.92 Å². The minimum absolute atomic E-state index is 0.664. The van der Waals surface area contributed by atoms with Crippen LogP contribution in [-0.4, -0.2) is 29.7 Å². The van der Waals surface area contributed by atoms with Crippen LogP contribution >= 0.6 is 0 Å². The van der Waals surface area contributed by atoms with E-state index in [1.54, 1.807) is 0 Å². The molecule has 1 heterocycles. The second-order valence-electron chi connectivity index (χ2n) is 4.77. The molecule has 0 bridgehead atoms. The molecule has 1 N–H and O–H groups in total. The minimum Gasteiger partial charge on any atom is -0.360 e. The van der Waals surface area contributed by atoms with E-state index >= 15 is 0 Å². The second-order valence-corrected chi connectivity index (χ2v) is 4.77. The van der Waals surface area contributed by atoms with Crippen molar-refractivity contribution >= 4 is 0 Å². The van der Waals surface area contributed by atoms with E-state index in [1.165, 1.54) is 0 Å². The number of aromatic nitrogens is 1. The predicted octanol–water partition coefficient (Wildman–Crippen LogP) is 2.26. The van der Waals surface area contributed by atoms with Gasteiger partial charge >= 0.3 is 0 Å². The first-order chi connectivity index (χ1) is 8.15. The van der Waals surface area contributed by atoms with Crippen molar-refractivity contribution in [1.29, 1.82) is 0 Å². The van der Waals surface area contributed by atoms with Gasteiger partial charge in [0, 0.05) is 12.6 Å². The molecule has 0 aliphatic rings. The zero-order chi connectivity index (χ0) is 12.7. The van der Waals surface area contributed by atoms with Gasteiger partial charge in [0.25, 0.3) is 0 Å². The average Bonchev–Trinajstić information content (AvgIpc) is 2.73. The van der Waals surface area contributed by atoms with Gasteiger partial charge in [0.1, 0.15) is 0 Å². The first-order valence-electron chi connectivity index (χ1n) is 6.53. The SMILES string of the molecule is CCN(CC)Cc1cc(CNCC(C)C)no1. The lowest BCUT2D eigenvalue weighted by molar-refractivity contribution is 0.251. The van der Waals surface area contributed by atoms with E-state index in [9.17, 15) is 0 Å². The Morgan fingerprint density at radius 1 is 1.35 bits per heavy atom. The summed E-state index contributed by atoms with van der Waals surface area (Å²) in [7, 11) is 0. The molecule has 0 atom stereocenters. The highest BCUT2D eigenvalue weighted by Crippen LogP contribution is 2.07. The number of nitrogens with one attached hydrogen (secondary N) is 1. The molecule has 0 radical (unpaired) electrons. The fourth-order valence-corrected chi connectivity index (χ4v) is 1.67. The molecule has 0 saturated heterocycles. The van der Waals surface area contributed by atoms with E-state index in [1.807, 2.05) is 6.07 Å². The maximum atomic E-state index is 5.32. The summed E-state index contributed by atoms with van der Waals surface area (Å²) in [6, 6.07) is 2.05. The smallest absolute Gasteiger partial charge is 0.151 e. The maximum absolute atomic E-state index is 5.32. The predicted molar refractivity (Wildman–Crippen MR) is 69.7 cm³/mol. The Hall–Kier alpha value is -0.870. The summed E-state index contributed by atoms with van der Waals surface area (Å²) < 4.78 is 5.32. The van der Waals surface area contributed by atoms with Crippen molar-refractivity contribution < 1.29 is 4.52 Å². The number of hydrogen-bond acceptors (Lipinski definition) is 4. The monoisotopic (exact) mass is 239 g/mol. The van der Waals surface area contributed by atoms with Crippen molar-refractivity contribution in [2.45, 2.75) is 40.8 Å². The van der Waals surface area contributed by atoms with Crippen molar-refractivity contribution in [3.05, 3.63) is 17.5 Å². The molecule has 0 amide bonds. The van der Waals surface area contributed by atoms with Crippen molar-refractivity contribution in [3.8, 4) is 0 Å². The quantitative estimate of drug-likeness (QED) is 0.755. The lowest BCUT2D eigenvalue weighted by Gasteiger charge is -2.15. The molecule has 0 spiro atoms. The molecule has 1 rings (SSSR count). The van der Waals surface area contributed by atoms with E-state index in [-0.39, 0.29) is 0 Å². The van der Waals surface area contributed by atoms with Gasteiger partial charge in [-0.25, -0.2) is 0 Å². The molecule has 4 nitrogen and oxygen atoms in total. The fraction of sp³-hybridized carbons (Fsp3) is 0.769. The molecule has 17 heavy (non-hydrogen) atoms. The molecule has 1 aromatic heterocycles. The lowest BCUT2D eigenvalue weighted by Crippen LogP contribution is -2.21. The van der Waals surface area contributed by atoms with Crippen molar-refractivity contribution in [2.75, 3.05) is 19.6 Å². The highest BCUT2D eigenvalue weighted by molar-refractivity contribution is 5.05. The summed E-state index contributed by atoms with van der Waals surface area (Å²) in [6.45, 7) is 13.4. The van der Waals surface area contributed by atoms with Crippen LogP contribution < -0.4 is 5.32 Å². The third-order valence-electron chi connectivity index (χ3n) is 2.74. The van der Waals surface area contributed by atoms with Crippen molar-refractivity contribution in [1.82, 2.24) is 15.4 Å². The first-order valence-corrected chi connectivity index (χ1v) is 6.53. The van der Waals surface area contributed by atoms with E-state index < -0.39 is 0 Å². The van der Waals surface area contributed by atoms with Gasteiger partial charge in [-0.05, 0) is 25.6 Å². The van der Waals surface area contributed by atoms with Gasteiger partial charge in [-0.3, -0.25) is 4.90 Å². The summed E-state index contributed by atoms with van der Waals surface area (Å²) in [5.41, 5.74) is 0.993. The molecule has 1 aromatic rings. The zero-order valence-electron chi connectivity index (χ0n) is 11.5. The van der Waals surface area contributed by atoms with Crippen LogP contribution in [0.1, 0.15) is 39.1 Å². The van der Waals surface area contributed by atoms with Crippen molar-refractivity contribution in [3.63, 3.8) is 0 Å². The molecule has 0 aliphatic carbocycles. The van der Waals surface area contributed by atoms with Crippen LogP contribution in [0.15, 0.2) is 10.6 Å². The Morgan fingerprint density at radius 3 is 2.65 bits per heavy atom. The standard InChI is InChI=1S/C13H25N3O/c1-5-16(6-2)10-13-7-12(15-17-13)9-14-8-11(3)4/h7,11,14H,5-6,8-10H2,1-4H3. The summed E-state index contributed by atoms with van der Waals surface area (Å²) in [5, 5.41) is 7.43. The Balaban J connectivity index is 2.37. The van der Waals surface area contributed by atoms with E-state index in [4.69, 9.17) is 4.52 Å². The van der Waals surface area contributed by atoms with Gasteiger partial charge in [0.05, 0.1) is 12.2 Å². The summed E-state index contributed by atoms with van der Waals surface area (Å²) in [6.07, 6.45) is 0. The van der Waals surface area contributed by atoms with Crippen LogP contribution in [0.5, 0.6) is 0 Å². The van der Waals surface area contributed by atoms with Crippen LogP contribution in [-0.2, 0) is 13.1 Å². The largest absolute Gasteiger partial charge is 0.360 e. The second kappa shape index (κ2) is 7.45. The molecule has 0 aromatic carbocycles. The van der Waals surface area contributed by atoms with E-state index in [2.05, 4.69) is 43.1 Å². The third kappa shape index (κ3) is 5.33. The van der Waals surface area contributed by atoms with Crippen LogP contribution in [0.25, 0.3) is 0 Å². The highest BCUT2D eigenvalue weighted by Gasteiger charge is 2.07. The zero-order valence-corrected chi connectivity index (χ0v) is 11.5. The Morgan fingerprint density at radius 2 is 2.06 bits per heavy atom. The number of rotatable bonds is 8. The topological polar surface area (TPSA) is 41.3 Å². The van der Waals surface area contributed by atoms with Gasteiger partial charge in [-0.1, -0.05) is 32.9 Å². The Kier molecular flexibility index (Phi) is 6.22. The van der Waals surface area contributed by atoms with Gasteiger partial charge in [-0.15, -0.1) is 0 Å². The molecule has 0 aliphatic heterocycles. The number of nitrogens with zero attached hydrogens (tertiary/aromatic N) is 2. The van der Waals surface area contributed by atoms with Gasteiger partial charge in [0.15, 0.2) is 5.76 Å². The molecule has 0 unspecified atom stereocenters. The molecule has 4 heteroatoms. The highest BCUT2D eigenvalue weighted by atomic mass is 16.5.